The van der Waals surface area contributed by atoms with Crippen molar-refractivity contribution < 1.29 is 4.39 Å². The first kappa shape index (κ1) is 16.4. The van der Waals surface area contributed by atoms with Gasteiger partial charge in [-0.05, 0) is 36.8 Å². The fourth-order valence-electron chi connectivity index (χ4n) is 2.14. The Morgan fingerprint density at radius 1 is 1.12 bits per heavy atom. The van der Waals surface area contributed by atoms with Crippen LogP contribution in [0.1, 0.15) is 11.1 Å². The molecular weight excluding hydrogens is 371 g/mol. The maximum absolute atomic E-state index is 13.6. The van der Waals surface area contributed by atoms with Gasteiger partial charge in [0.15, 0.2) is 0 Å². The number of nitrogens with one attached hydrogen (secondary N) is 2. The topological polar surface area (TPSA) is 49.8 Å². The molecular formula is C18H16BrFN4. The molecule has 0 fully saturated rings. The lowest BCUT2D eigenvalue weighted by Gasteiger charge is -2.09. The van der Waals surface area contributed by atoms with E-state index in [-0.39, 0.29) is 5.82 Å². The molecule has 0 aliphatic carbocycles. The van der Waals surface area contributed by atoms with Crippen LogP contribution in [0.25, 0.3) is 0 Å². The van der Waals surface area contributed by atoms with Gasteiger partial charge >= 0.3 is 0 Å². The van der Waals surface area contributed by atoms with Gasteiger partial charge in [0.2, 0.25) is 5.95 Å². The molecule has 0 amide bonds. The summed E-state index contributed by atoms with van der Waals surface area (Å²) in [5.74, 6) is 0.869. The summed E-state index contributed by atoms with van der Waals surface area (Å²) in [6.45, 7) is 2.39. The van der Waals surface area contributed by atoms with Gasteiger partial charge in [-0.25, -0.2) is 9.37 Å². The van der Waals surface area contributed by atoms with E-state index < -0.39 is 0 Å². The Labute approximate surface area is 148 Å². The monoisotopic (exact) mass is 386 g/mol. The van der Waals surface area contributed by atoms with Gasteiger partial charge in [-0.1, -0.05) is 40.2 Å². The number of anilines is 3. The minimum absolute atomic E-state index is 0.234. The van der Waals surface area contributed by atoms with Gasteiger partial charge in [0, 0.05) is 28.5 Å². The predicted octanol–water partition coefficient (Wildman–Crippen LogP) is 5.04. The SMILES string of the molecule is Cc1ccc(Nc2nccc(NCc3ccccc3F)n2)cc1Br. The highest BCUT2D eigenvalue weighted by atomic mass is 79.9. The minimum Gasteiger partial charge on any atom is -0.366 e. The van der Waals surface area contributed by atoms with Crippen molar-refractivity contribution in [3.63, 3.8) is 0 Å². The Balaban J connectivity index is 1.69. The lowest BCUT2D eigenvalue weighted by molar-refractivity contribution is 0.613. The molecule has 0 aliphatic heterocycles. The largest absolute Gasteiger partial charge is 0.366 e. The standard InChI is InChI=1S/C18H16BrFN4/c1-12-6-7-14(10-15(12)19)23-18-21-9-8-17(24-18)22-11-13-4-2-3-5-16(13)20/h2-10H,11H2,1H3,(H2,21,22,23,24). The molecule has 4 nitrogen and oxygen atoms in total. The molecule has 3 rings (SSSR count). The second kappa shape index (κ2) is 7.40. The summed E-state index contributed by atoms with van der Waals surface area (Å²) >= 11 is 3.50. The van der Waals surface area contributed by atoms with Gasteiger partial charge in [-0.15, -0.1) is 0 Å². The lowest BCUT2D eigenvalue weighted by atomic mass is 10.2. The normalized spacial score (nSPS) is 10.5. The molecule has 122 valence electrons. The van der Waals surface area contributed by atoms with Crippen molar-refractivity contribution in [3.05, 3.63) is 76.1 Å². The number of rotatable bonds is 5. The number of aromatic nitrogens is 2. The number of hydrogen-bond donors (Lipinski definition) is 2. The Morgan fingerprint density at radius 3 is 2.75 bits per heavy atom. The first-order valence-corrected chi connectivity index (χ1v) is 8.24. The van der Waals surface area contributed by atoms with Crippen LogP contribution >= 0.6 is 15.9 Å². The average Bonchev–Trinajstić information content (AvgIpc) is 2.58. The zero-order valence-electron chi connectivity index (χ0n) is 13.1. The smallest absolute Gasteiger partial charge is 0.229 e. The van der Waals surface area contributed by atoms with Crippen LogP contribution in [0.15, 0.2) is 59.2 Å². The van der Waals surface area contributed by atoms with E-state index >= 15 is 0 Å². The molecule has 0 unspecified atom stereocenters. The fourth-order valence-corrected chi connectivity index (χ4v) is 2.52. The molecule has 24 heavy (non-hydrogen) atoms. The van der Waals surface area contributed by atoms with Gasteiger partial charge in [-0.3, -0.25) is 0 Å². The van der Waals surface area contributed by atoms with E-state index in [0.717, 1.165) is 15.7 Å². The zero-order chi connectivity index (χ0) is 16.9. The third-order valence-electron chi connectivity index (χ3n) is 3.50. The molecule has 0 atom stereocenters. The van der Waals surface area contributed by atoms with Crippen LogP contribution in [0.3, 0.4) is 0 Å². The molecule has 1 heterocycles. The zero-order valence-corrected chi connectivity index (χ0v) is 14.6. The molecule has 1 aromatic heterocycles. The highest BCUT2D eigenvalue weighted by Gasteiger charge is 2.04. The average molecular weight is 387 g/mol. The van der Waals surface area contributed by atoms with Gasteiger partial charge in [0.25, 0.3) is 0 Å². The van der Waals surface area contributed by atoms with Gasteiger partial charge in [0.1, 0.15) is 11.6 Å². The fraction of sp³-hybridized carbons (Fsp3) is 0.111. The summed E-state index contributed by atoms with van der Waals surface area (Å²) in [5, 5.41) is 6.26. The second-order valence-electron chi connectivity index (χ2n) is 5.30. The number of benzene rings is 2. The highest BCUT2D eigenvalue weighted by Crippen LogP contribution is 2.22. The molecule has 0 saturated heterocycles. The maximum atomic E-state index is 13.6. The van der Waals surface area contributed by atoms with Crippen molar-refractivity contribution in [1.82, 2.24) is 9.97 Å². The molecule has 0 spiro atoms. The van der Waals surface area contributed by atoms with Crippen LogP contribution in [0.4, 0.5) is 21.8 Å². The number of hydrogen-bond acceptors (Lipinski definition) is 4. The number of halogens is 2. The highest BCUT2D eigenvalue weighted by molar-refractivity contribution is 9.10. The molecule has 0 radical (unpaired) electrons. The summed E-state index contributed by atoms with van der Waals surface area (Å²) < 4.78 is 14.7. The van der Waals surface area contributed by atoms with E-state index in [1.54, 1.807) is 24.4 Å². The molecule has 2 aromatic carbocycles. The van der Waals surface area contributed by atoms with Gasteiger partial charge in [-0.2, -0.15) is 4.98 Å². The molecule has 2 N–H and O–H groups in total. The van der Waals surface area contributed by atoms with Crippen molar-refractivity contribution >= 4 is 33.4 Å². The van der Waals surface area contributed by atoms with E-state index in [1.165, 1.54) is 6.07 Å². The van der Waals surface area contributed by atoms with E-state index in [2.05, 4.69) is 36.5 Å². The summed E-state index contributed by atoms with van der Waals surface area (Å²) in [4.78, 5) is 8.60. The van der Waals surface area contributed by atoms with Gasteiger partial charge < -0.3 is 10.6 Å². The van der Waals surface area contributed by atoms with Crippen molar-refractivity contribution in [1.29, 1.82) is 0 Å². The van der Waals surface area contributed by atoms with Crippen LogP contribution < -0.4 is 10.6 Å². The van der Waals surface area contributed by atoms with Gasteiger partial charge in [0.05, 0.1) is 0 Å². The lowest BCUT2D eigenvalue weighted by Crippen LogP contribution is -2.05. The first-order valence-electron chi connectivity index (χ1n) is 7.45. The summed E-state index contributed by atoms with van der Waals surface area (Å²) in [6.07, 6.45) is 1.66. The van der Waals surface area contributed by atoms with Crippen molar-refractivity contribution in [2.45, 2.75) is 13.5 Å². The summed E-state index contributed by atoms with van der Waals surface area (Å²) in [5.41, 5.74) is 2.63. The molecule has 0 saturated carbocycles. The molecule has 3 aromatic rings. The van der Waals surface area contributed by atoms with Crippen LogP contribution in [0.5, 0.6) is 0 Å². The van der Waals surface area contributed by atoms with E-state index in [4.69, 9.17) is 0 Å². The van der Waals surface area contributed by atoms with Crippen LogP contribution in [0, 0.1) is 12.7 Å². The molecule has 0 aliphatic rings. The van der Waals surface area contributed by atoms with Crippen molar-refractivity contribution in [2.75, 3.05) is 10.6 Å². The third-order valence-corrected chi connectivity index (χ3v) is 4.36. The predicted molar refractivity (Wildman–Crippen MR) is 97.9 cm³/mol. The molecule has 6 heteroatoms. The number of aryl methyl sites for hydroxylation is 1. The number of nitrogens with zero attached hydrogens (tertiary/aromatic N) is 2. The van der Waals surface area contributed by atoms with Crippen LogP contribution in [0.2, 0.25) is 0 Å². The summed E-state index contributed by atoms with van der Waals surface area (Å²) in [7, 11) is 0. The maximum Gasteiger partial charge on any atom is 0.229 e. The second-order valence-corrected chi connectivity index (χ2v) is 6.15. The van der Waals surface area contributed by atoms with Crippen LogP contribution in [-0.2, 0) is 6.54 Å². The van der Waals surface area contributed by atoms with E-state index in [1.807, 2.05) is 31.2 Å². The Hall–Kier alpha value is -2.47. The molecule has 0 bridgehead atoms. The van der Waals surface area contributed by atoms with Crippen LogP contribution in [-0.4, -0.2) is 9.97 Å². The van der Waals surface area contributed by atoms with Crippen molar-refractivity contribution in [3.8, 4) is 0 Å². The third kappa shape index (κ3) is 4.08. The Kier molecular flexibility index (Phi) is 5.05. The van der Waals surface area contributed by atoms with E-state index in [0.29, 0.717) is 23.9 Å². The van der Waals surface area contributed by atoms with Crippen molar-refractivity contribution in [2.24, 2.45) is 0 Å². The summed E-state index contributed by atoms with van der Waals surface area (Å²) in [6, 6.07) is 14.4. The first-order chi connectivity index (χ1) is 11.6. The Morgan fingerprint density at radius 2 is 1.96 bits per heavy atom. The van der Waals surface area contributed by atoms with E-state index in [9.17, 15) is 4.39 Å². The Bertz CT molecular complexity index is 854. The quantitative estimate of drug-likeness (QED) is 0.644. The minimum atomic E-state index is -0.234.